The summed E-state index contributed by atoms with van der Waals surface area (Å²) in [6.45, 7) is 2.66. The molecule has 0 fully saturated rings. The van der Waals surface area contributed by atoms with Gasteiger partial charge < -0.3 is 9.73 Å². The molecule has 0 saturated heterocycles. The topological polar surface area (TPSA) is 59.3 Å². The first-order valence-corrected chi connectivity index (χ1v) is 7.01. The summed E-state index contributed by atoms with van der Waals surface area (Å²) in [5.41, 5.74) is -4.54. The number of amides is 1. The first kappa shape index (κ1) is 19.5. The highest BCUT2D eigenvalue weighted by Crippen LogP contribution is 2.37. The Bertz CT molecular complexity index is 853. The maximum Gasteiger partial charge on any atom is 0.416 e. The fraction of sp³-hybridized carbons (Fsp3) is 0.250. The van der Waals surface area contributed by atoms with Crippen LogP contribution in [0.25, 0.3) is 0 Å². The average molecular weight is 379 g/mol. The van der Waals surface area contributed by atoms with Crippen LogP contribution in [0, 0.1) is 13.8 Å². The van der Waals surface area contributed by atoms with Gasteiger partial charge in [0.15, 0.2) is 0 Å². The molecule has 1 aromatic heterocycles. The van der Waals surface area contributed by atoms with Crippen molar-refractivity contribution in [2.45, 2.75) is 26.2 Å². The standard InChI is InChI=1S/C16H11F6NO3/c1-7-3-12(24)26-8(2)13(7)14(25)23-11-5-9(15(17,18)19)4-10(6-11)16(20,21)22/h3-6H,1-2H3,(H,23,25). The van der Waals surface area contributed by atoms with E-state index in [0.29, 0.717) is 12.1 Å². The minimum Gasteiger partial charge on any atom is -0.427 e. The number of aryl methyl sites for hydroxylation is 2. The van der Waals surface area contributed by atoms with Crippen LogP contribution in [0.5, 0.6) is 0 Å². The lowest BCUT2D eigenvalue weighted by molar-refractivity contribution is -0.143. The molecule has 1 aromatic carbocycles. The first-order chi connectivity index (χ1) is 11.8. The van der Waals surface area contributed by atoms with Crippen molar-refractivity contribution in [3.63, 3.8) is 0 Å². The normalized spacial score (nSPS) is 12.2. The molecule has 26 heavy (non-hydrogen) atoms. The third kappa shape index (κ3) is 4.24. The summed E-state index contributed by atoms with van der Waals surface area (Å²) >= 11 is 0. The highest BCUT2D eigenvalue weighted by Gasteiger charge is 2.37. The van der Waals surface area contributed by atoms with Gasteiger partial charge in [-0.25, -0.2) is 4.79 Å². The van der Waals surface area contributed by atoms with E-state index in [4.69, 9.17) is 4.42 Å². The second-order valence-corrected chi connectivity index (χ2v) is 5.43. The van der Waals surface area contributed by atoms with E-state index < -0.39 is 40.7 Å². The van der Waals surface area contributed by atoms with Crippen LogP contribution in [0.4, 0.5) is 32.0 Å². The van der Waals surface area contributed by atoms with Crippen LogP contribution in [0.3, 0.4) is 0 Å². The molecule has 1 heterocycles. The average Bonchev–Trinajstić information content (AvgIpc) is 2.43. The molecule has 10 heteroatoms. The lowest BCUT2D eigenvalue weighted by Gasteiger charge is -2.15. The summed E-state index contributed by atoms with van der Waals surface area (Å²) in [7, 11) is 0. The molecule has 0 aliphatic heterocycles. The molecule has 0 bridgehead atoms. The monoisotopic (exact) mass is 379 g/mol. The van der Waals surface area contributed by atoms with Gasteiger partial charge in [-0.1, -0.05) is 0 Å². The van der Waals surface area contributed by atoms with Gasteiger partial charge in [-0.2, -0.15) is 26.3 Å². The zero-order valence-corrected chi connectivity index (χ0v) is 13.3. The lowest BCUT2D eigenvalue weighted by Crippen LogP contribution is -2.19. The Labute approximate surface area is 142 Å². The van der Waals surface area contributed by atoms with E-state index in [2.05, 4.69) is 0 Å². The smallest absolute Gasteiger partial charge is 0.416 e. The zero-order chi connectivity index (χ0) is 19.9. The van der Waals surface area contributed by atoms with Crippen molar-refractivity contribution in [2.75, 3.05) is 5.32 Å². The molecule has 1 amide bonds. The van der Waals surface area contributed by atoms with Crippen LogP contribution in [-0.4, -0.2) is 5.91 Å². The molecule has 0 saturated carbocycles. The Kier molecular flexibility index (Phi) is 4.89. The second kappa shape index (κ2) is 6.50. The van der Waals surface area contributed by atoms with E-state index >= 15 is 0 Å². The Balaban J connectivity index is 2.49. The molecule has 2 rings (SSSR count). The van der Waals surface area contributed by atoms with Crippen LogP contribution >= 0.6 is 0 Å². The maximum absolute atomic E-state index is 12.8. The number of nitrogens with one attached hydrogen (secondary N) is 1. The zero-order valence-electron chi connectivity index (χ0n) is 13.3. The number of carbonyl (C=O) groups is 1. The molecule has 0 spiro atoms. The Morgan fingerprint density at radius 3 is 1.85 bits per heavy atom. The first-order valence-electron chi connectivity index (χ1n) is 7.01. The van der Waals surface area contributed by atoms with Gasteiger partial charge in [0.2, 0.25) is 0 Å². The van der Waals surface area contributed by atoms with Crippen molar-refractivity contribution in [1.82, 2.24) is 0 Å². The Morgan fingerprint density at radius 2 is 1.42 bits per heavy atom. The van der Waals surface area contributed by atoms with Crippen molar-refractivity contribution in [2.24, 2.45) is 0 Å². The summed E-state index contributed by atoms with van der Waals surface area (Å²) in [5, 5.41) is 1.98. The molecule has 0 atom stereocenters. The fourth-order valence-corrected chi connectivity index (χ4v) is 2.32. The number of carbonyl (C=O) groups excluding carboxylic acids is 1. The number of hydrogen-bond donors (Lipinski definition) is 1. The van der Waals surface area contributed by atoms with Crippen LogP contribution in [0.1, 0.15) is 32.8 Å². The Hall–Kier alpha value is -2.78. The molecule has 0 aliphatic rings. The van der Waals surface area contributed by atoms with E-state index in [0.717, 1.165) is 6.07 Å². The third-order valence-corrected chi connectivity index (χ3v) is 3.41. The molecule has 0 aliphatic carbocycles. The maximum atomic E-state index is 12.8. The molecular formula is C16H11F6NO3. The van der Waals surface area contributed by atoms with E-state index in [9.17, 15) is 35.9 Å². The van der Waals surface area contributed by atoms with E-state index in [1.807, 2.05) is 5.32 Å². The SMILES string of the molecule is Cc1cc(=O)oc(C)c1C(=O)Nc1cc(C(F)(F)F)cc(C(F)(F)F)c1. The van der Waals surface area contributed by atoms with Crippen molar-refractivity contribution < 1.29 is 35.6 Å². The largest absolute Gasteiger partial charge is 0.427 e. The summed E-state index contributed by atoms with van der Waals surface area (Å²) in [5.74, 6) is -1.12. The van der Waals surface area contributed by atoms with E-state index in [1.54, 1.807) is 0 Å². The predicted octanol–water partition coefficient (Wildman–Crippen LogP) is 4.55. The number of alkyl halides is 6. The molecule has 4 nitrogen and oxygen atoms in total. The number of anilines is 1. The minimum absolute atomic E-state index is 0.0479. The Morgan fingerprint density at radius 1 is 0.923 bits per heavy atom. The van der Waals surface area contributed by atoms with Gasteiger partial charge in [0.05, 0.1) is 16.7 Å². The second-order valence-electron chi connectivity index (χ2n) is 5.43. The van der Waals surface area contributed by atoms with Crippen molar-refractivity contribution in [3.8, 4) is 0 Å². The van der Waals surface area contributed by atoms with Gasteiger partial charge >= 0.3 is 18.0 Å². The summed E-state index contributed by atoms with van der Waals surface area (Å²) in [6.07, 6.45) is -10.1. The quantitative estimate of drug-likeness (QED) is 0.779. The van der Waals surface area contributed by atoms with Crippen molar-refractivity contribution >= 4 is 11.6 Å². The molecule has 0 radical (unpaired) electrons. The van der Waals surface area contributed by atoms with Gasteiger partial charge in [0, 0.05) is 11.8 Å². The highest BCUT2D eigenvalue weighted by atomic mass is 19.4. The van der Waals surface area contributed by atoms with Crippen LogP contribution in [-0.2, 0) is 12.4 Å². The van der Waals surface area contributed by atoms with Crippen molar-refractivity contribution in [1.29, 1.82) is 0 Å². The molecular weight excluding hydrogens is 368 g/mol. The molecule has 0 unspecified atom stereocenters. The molecule has 2 aromatic rings. The van der Waals surface area contributed by atoms with Crippen LogP contribution < -0.4 is 10.9 Å². The van der Waals surface area contributed by atoms with E-state index in [-0.39, 0.29) is 23.0 Å². The van der Waals surface area contributed by atoms with E-state index in [1.165, 1.54) is 13.8 Å². The number of rotatable bonds is 2. The van der Waals surface area contributed by atoms with Crippen LogP contribution in [0.2, 0.25) is 0 Å². The predicted molar refractivity (Wildman–Crippen MR) is 78.9 cm³/mol. The van der Waals surface area contributed by atoms with Gasteiger partial charge in [-0.05, 0) is 37.6 Å². The fourth-order valence-electron chi connectivity index (χ4n) is 2.32. The molecule has 140 valence electrons. The third-order valence-electron chi connectivity index (χ3n) is 3.41. The summed E-state index contributed by atoms with van der Waals surface area (Å²) in [6, 6.07) is 1.71. The lowest BCUT2D eigenvalue weighted by atomic mass is 10.1. The van der Waals surface area contributed by atoms with Crippen molar-refractivity contribution in [3.05, 3.63) is 62.7 Å². The van der Waals surface area contributed by atoms with Gasteiger partial charge in [-0.15, -0.1) is 0 Å². The number of halogens is 6. The van der Waals surface area contributed by atoms with Crippen LogP contribution in [0.15, 0.2) is 33.5 Å². The number of benzene rings is 1. The summed E-state index contributed by atoms with van der Waals surface area (Å²) in [4.78, 5) is 23.5. The summed E-state index contributed by atoms with van der Waals surface area (Å²) < 4.78 is 81.8. The minimum atomic E-state index is -5.04. The molecule has 1 N–H and O–H groups in total. The van der Waals surface area contributed by atoms with Gasteiger partial charge in [0.25, 0.3) is 5.91 Å². The van der Waals surface area contributed by atoms with Gasteiger partial charge in [0.1, 0.15) is 5.76 Å². The highest BCUT2D eigenvalue weighted by molar-refractivity contribution is 6.05. The van der Waals surface area contributed by atoms with Gasteiger partial charge in [-0.3, -0.25) is 4.79 Å². The number of hydrogen-bond acceptors (Lipinski definition) is 3.